The topological polar surface area (TPSA) is 428 Å². The maximum atomic E-state index is 14.2. The van der Waals surface area contributed by atoms with Crippen molar-refractivity contribution in [1.82, 2.24) is 0 Å². The molecule has 19 atom stereocenters. The average Bonchev–Trinajstić information content (AvgIpc) is 3.53. The van der Waals surface area contributed by atoms with Crippen LogP contribution in [0.3, 0.4) is 0 Å². The minimum Gasteiger partial charge on any atom is -0.508 e. The van der Waals surface area contributed by atoms with E-state index in [1.165, 1.54) is 86.0 Å². The van der Waals surface area contributed by atoms with Gasteiger partial charge in [-0.1, -0.05) is 36.4 Å². The molecule has 0 spiro atoms. The Bertz CT molecular complexity index is 2720. The zero-order chi connectivity index (χ0) is 60.3. The minimum absolute atomic E-state index is 0.0000825. The molecule has 0 aromatic heterocycles. The molecule has 4 fully saturated rings. The molecule has 3 aromatic carbocycles. The van der Waals surface area contributed by atoms with Gasteiger partial charge in [0.05, 0.1) is 25.9 Å². The number of esters is 5. The highest BCUT2D eigenvalue weighted by Crippen LogP contribution is 2.42. The molecule has 0 aliphatic carbocycles. The fourth-order valence-electron chi connectivity index (χ4n) is 9.06. The highest BCUT2D eigenvalue weighted by molar-refractivity contribution is 5.90. The number of hydrogen-bond donors (Lipinski definition) is 11. The van der Waals surface area contributed by atoms with Gasteiger partial charge in [0, 0.05) is 26.0 Å². The zero-order valence-corrected chi connectivity index (χ0v) is 44.4. The van der Waals surface area contributed by atoms with E-state index in [2.05, 4.69) is 0 Å². The highest BCUT2D eigenvalue weighted by atomic mass is 16.8. The van der Waals surface area contributed by atoms with E-state index in [1.54, 1.807) is 6.07 Å². The maximum Gasteiger partial charge on any atom is 0.338 e. The lowest BCUT2D eigenvalue weighted by Gasteiger charge is -2.50. The predicted molar refractivity (Wildman–Crippen MR) is 271 cm³/mol. The van der Waals surface area contributed by atoms with Crippen LogP contribution in [0.15, 0.2) is 84.9 Å². The molecule has 0 radical (unpaired) electrons. The first-order chi connectivity index (χ1) is 39.6. The largest absolute Gasteiger partial charge is 0.508 e. The molecule has 11 N–H and O–H groups in total. The van der Waals surface area contributed by atoms with Crippen LogP contribution in [0.5, 0.6) is 17.2 Å². The first-order valence-electron chi connectivity index (χ1n) is 25.6. The molecule has 7 rings (SSSR count). The summed E-state index contributed by atoms with van der Waals surface area (Å²) in [5, 5.41) is 120. The smallest absolute Gasteiger partial charge is 0.338 e. The van der Waals surface area contributed by atoms with E-state index in [9.17, 15) is 80.1 Å². The molecule has 4 aliphatic heterocycles. The van der Waals surface area contributed by atoms with Crippen molar-refractivity contribution in [2.45, 2.75) is 130 Å². The van der Waals surface area contributed by atoms with E-state index in [0.29, 0.717) is 5.56 Å². The molecular formula is C54H64O29. The monoisotopic (exact) mass is 1180 g/mol. The van der Waals surface area contributed by atoms with Crippen molar-refractivity contribution < 1.29 is 142 Å². The van der Waals surface area contributed by atoms with E-state index >= 15 is 0 Å². The third-order valence-corrected chi connectivity index (χ3v) is 13.4. The number of rotatable bonds is 22. The van der Waals surface area contributed by atoms with Crippen molar-refractivity contribution in [2.75, 3.05) is 40.1 Å². The zero-order valence-electron chi connectivity index (χ0n) is 44.4. The number of aliphatic hydroxyl groups excluding tert-OH is 9. The fourth-order valence-corrected chi connectivity index (χ4v) is 9.06. The Morgan fingerprint density at radius 3 is 1.73 bits per heavy atom. The third-order valence-electron chi connectivity index (χ3n) is 13.4. The molecular weight excluding hydrogens is 1110 g/mol. The third kappa shape index (κ3) is 15.7. The van der Waals surface area contributed by atoms with Crippen LogP contribution in [0.2, 0.25) is 0 Å². The number of hydrogen-bond acceptors (Lipinski definition) is 29. The Kier molecular flexibility index (Phi) is 22.1. The second-order valence-electron chi connectivity index (χ2n) is 19.2. The van der Waals surface area contributed by atoms with Gasteiger partial charge in [0.1, 0.15) is 105 Å². The Morgan fingerprint density at radius 2 is 1.12 bits per heavy atom. The maximum absolute atomic E-state index is 14.2. The minimum atomic E-state index is -2.93. The van der Waals surface area contributed by atoms with Gasteiger partial charge in [-0.25, -0.2) is 14.4 Å². The van der Waals surface area contributed by atoms with E-state index in [0.717, 1.165) is 26.0 Å². The Labute approximate surface area is 471 Å². The van der Waals surface area contributed by atoms with Crippen LogP contribution in [-0.4, -0.2) is 242 Å². The molecule has 3 aromatic rings. The molecule has 0 bridgehead atoms. The summed E-state index contributed by atoms with van der Waals surface area (Å²) in [5.74, 6) is -8.71. The summed E-state index contributed by atoms with van der Waals surface area (Å²) in [6.45, 7) is -3.04. The van der Waals surface area contributed by atoms with Gasteiger partial charge in [-0.05, 0) is 59.7 Å². The highest BCUT2D eigenvalue weighted by Gasteiger charge is 2.64. The molecule has 83 heavy (non-hydrogen) atoms. The molecule has 29 nitrogen and oxygen atoms in total. The summed E-state index contributed by atoms with van der Waals surface area (Å²) < 4.78 is 76.5. The normalized spacial score (nSPS) is 33.5. The Morgan fingerprint density at radius 1 is 0.566 bits per heavy atom. The van der Waals surface area contributed by atoms with Crippen LogP contribution in [-0.2, 0) is 76.0 Å². The van der Waals surface area contributed by atoms with Crippen molar-refractivity contribution in [1.29, 1.82) is 0 Å². The van der Waals surface area contributed by atoms with Gasteiger partial charge in [0.15, 0.2) is 42.6 Å². The van der Waals surface area contributed by atoms with E-state index < -0.39 is 179 Å². The predicted octanol–water partition coefficient (Wildman–Crippen LogP) is -2.79. The van der Waals surface area contributed by atoms with Crippen LogP contribution in [0, 0.1) is 0 Å². The lowest BCUT2D eigenvalue weighted by molar-refractivity contribution is -0.421. The standard InChI is InChI=1S/C54H64O29/c1-25(57)72-22-35-40(64)43(67)45(69)52(76-35)79-47-46(78-38(62)18-13-28-11-16-31(60)32(19-28)71-3)36(23-73-26(2)58)77-53(48(47)80-51-44(68)42(66)39(63)33(20-55)75-51)83-54(24-74-37(61)17-12-27-9-14-30(59)15-10-27)49(41(65)34(21-56)82-54)81-50(70)29-7-5-4-6-8-29/h4-19,33-36,39-49,51-53,55-56,59-60,63-69H,20-24H2,1-3H3. The molecule has 4 saturated heterocycles. The molecule has 0 amide bonds. The number of methoxy groups -OCH3 is 1. The number of ether oxygens (including phenoxy) is 13. The lowest BCUT2D eigenvalue weighted by atomic mass is 9.95. The van der Waals surface area contributed by atoms with Crippen LogP contribution in [0.4, 0.5) is 0 Å². The van der Waals surface area contributed by atoms with Crippen molar-refractivity contribution >= 4 is 42.0 Å². The van der Waals surface area contributed by atoms with Gasteiger partial charge in [-0.3, -0.25) is 9.59 Å². The number of carbonyl (C=O) groups excluding carboxylic acids is 5. The number of carbonyl (C=O) groups is 5. The summed E-state index contributed by atoms with van der Waals surface area (Å²) in [4.78, 5) is 66.3. The number of benzene rings is 3. The number of aromatic hydroxyl groups is 2. The van der Waals surface area contributed by atoms with Crippen molar-refractivity contribution in [3.05, 3.63) is 102 Å². The quantitative estimate of drug-likeness (QED) is 0.0275. The van der Waals surface area contributed by atoms with Crippen molar-refractivity contribution in [3.8, 4) is 17.2 Å². The van der Waals surface area contributed by atoms with E-state index in [1.807, 2.05) is 0 Å². The average molecular weight is 1180 g/mol. The van der Waals surface area contributed by atoms with E-state index in [-0.39, 0.29) is 28.4 Å². The number of phenols is 2. The SMILES string of the molecule is COc1cc(C=CC(=O)OC2C(COC(C)=O)OC(OC3(COC(=O)C=Cc4ccc(O)cc4)OC(CO)C(O)C3OC(=O)c3ccccc3)C(OC3OC(CO)C(O)C(O)C3O)C2OC2OC(COC(C)=O)C(O)C(O)C2O)ccc1O. The van der Waals surface area contributed by atoms with Crippen LogP contribution < -0.4 is 4.74 Å². The lowest BCUT2D eigenvalue weighted by Crippen LogP contribution is -2.69. The van der Waals surface area contributed by atoms with Crippen LogP contribution in [0.25, 0.3) is 12.2 Å². The molecule has 4 heterocycles. The van der Waals surface area contributed by atoms with Crippen molar-refractivity contribution in [2.24, 2.45) is 0 Å². The van der Waals surface area contributed by atoms with Gasteiger partial charge in [-0.2, -0.15) is 0 Å². The molecule has 19 unspecified atom stereocenters. The summed E-state index contributed by atoms with van der Waals surface area (Å²) in [7, 11) is 1.27. The fraction of sp³-hybridized carbons (Fsp3) is 0.500. The summed E-state index contributed by atoms with van der Waals surface area (Å²) >= 11 is 0. The van der Waals surface area contributed by atoms with E-state index in [4.69, 9.17) is 61.6 Å². The van der Waals surface area contributed by atoms with Gasteiger partial charge < -0.3 is 118 Å². The number of phenolic OH excluding ortho intramolecular Hbond substituents is 2. The second-order valence-corrected chi connectivity index (χ2v) is 19.2. The van der Waals surface area contributed by atoms with Crippen LogP contribution in [0.1, 0.15) is 35.3 Å². The molecule has 454 valence electrons. The van der Waals surface area contributed by atoms with Gasteiger partial charge in [0.25, 0.3) is 0 Å². The van der Waals surface area contributed by atoms with Crippen LogP contribution >= 0.6 is 0 Å². The Balaban J connectivity index is 1.40. The summed E-state index contributed by atoms with van der Waals surface area (Å²) in [5.41, 5.74) is 0.531. The number of aliphatic hydroxyl groups is 9. The molecule has 29 heteroatoms. The molecule has 0 saturated carbocycles. The van der Waals surface area contributed by atoms with Gasteiger partial charge >= 0.3 is 29.8 Å². The summed E-state index contributed by atoms with van der Waals surface area (Å²) in [6.07, 6.45) is -33.7. The summed E-state index contributed by atoms with van der Waals surface area (Å²) in [6, 6.07) is 16.7. The Hall–Kier alpha value is -6.75. The van der Waals surface area contributed by atoms with Gasteiger partial charge in [-0.15, -0.1) is 0 Å². The second kappa shape index (κ2) is 28.7. The first kappa shape index (κ1) is 63.8. The molecule has 4 aliphatic rings. The van der Waals surface area contributed by atoms with Crippen molar-refractivity contribution in [3.63, 3.8) is 0 Å². The first-order valence-corrected chi connectivity index (χ1v) is 25.6. The van der Waals surface area contributed by atoms with Gasteiger partial charge in [0.2, 0.25) is 5.79 Å².